The maximum Gasteiger partial charge on any atom is 0.326 e. The number of aliphatic hydroxyl groups is 1. The number of fused-ring (bicyclic) bond motifs is 1. The quantitative estimate of drug-likeness (QED) is 0.717. The number of aliphatic hydroxyl groups excluding tert-OH is 1. The molecule has 1 aromatic carbocycles. The molecule has 2 aromatic rings. The maximum absolute atomic E-state index is 12.5. The van der Waals surface area contributed by atoms with Crippen LogP contribution >= 0.6 is 0 Å². The third-order valence-corrected chi connectivity index (χ3v) is 3.00. The number of rotatable bonds is 5. The molecular formula is C13H13F2N3O4. The van der Waals surface area contributed by atoms with Crippen LogP contribution in [0.3, 0.4) is 0 Å². The van der Waals surface area contributed by atoms with Crippen LogP contribution < -0.4 is 11.2 Å². The van der Waals surface area contributed by atoms with E-state index in [0.717, 1.165) is 4.90 Å². The van der Waals surface area contributed by atoms with Crippen LogP contribution in [-0.2, 0) is 0 Å². The van der Waals surface area contributed by atoms with E-state index in [2.05, 4.69) is 4.98 Å². The summed E-state index contributed by atoms with van der Waals surface area (Å²) in [7, 11) is 0. The number of carbonyl (C=O) groups is 1. The monoisotopic (exact) mass is 313 g/mol. The Balaban J connectivity index is 2.42. The van der Waals surface area contributed by atoms with Crippen molar-refractivity contribution in [2.45, 2.75) is 6.43 Å². The van der Waals surface area contributed by atoms with E-state index >= 15 is 0 Å². The second-order valence-corrected chi connectivity index (χ2v) is 4.53. The van der Waals surface area contributed by atoms with Crippen LogP contribution in [0, 0.1) is 0 Å². The highest BCUT2D eigenvalue weighted by molar-refractivity contribution is 5.97. The lowest BCUT2D eigenvalue weighted by Crippen LogP contribution is -2.37. The number of aromatic amines is 2. The number of halogens is 2. The Hall–Kier alpha value is -2.55. The molecule has 7 nitrogen and oxygen atoms in total. The molecule has 9 heteroatoms. The summed E-state index contributed by atoms with van der Waals surface area (Å²) in [6, 6.07) is 3.87. The van der Waals surface area contributed by atoms with Gasteiger partial charge in [-0.25, -0.2) is 13.6 Å². The van der Waals surface area contributed by atoms with Crippen LogP contribution in [0.4, 0.5) is 8.78 Å². The van der Waals surface area contributed by atoms with Crippen molar-refractivity contribution in [3.63, 3.8) is 0 Å². The van der Waals surface area contributed by atoms with Gasteiger partial charge < -0.3 is 15.0 Å². The van der Waals surface area contributed by atoms with Crippen molar-refractivity contribution in [3.8, 4) is 0 Å². The first-order chi connectivity index (χ1) is 10.4. The van der Waals surface area contributed by atoms with Crippen molar-refractivity contribution in [1.82, 2.24) is 14.9 Å². The number of carbonyl (C=O) groups excluding carboxylic acids is 1. The first kappa shape index (κ1) is 15.8. The molecule has 0 saturated heterocycles. The predicted molar refractivity (Wildman–Crippen MR) is 74.2 cm³/mol. The molecule has 1 aromatic heterocycles. The summed E-state index contributed by atoms with van der Waals surface area (Å²) >= 11 is 0. The van der Waals surface area contributed by atoms with Crippen LogP contribution in [0.2, 0.25) is 0 Å². The summed E-state index contributed by atoms with van der Waals surface area (Å²) in [5.74, 6) is -0.734. The largest absolute Gasteiger partial charge is 0.395 e. The standard InChI is InChI=1S/C13H13F2N3O4/c14-10(15)6-18(3-4-19)12(21)7-1-2-9-8(5-7)11(20)17-13(22)16-9/h1-2,5,10,19H,3-4,6H2,(H2,16,17,20,22). The second kappa shape index (κ2) is 6.48. The minimum Gasteiger partial charge on any atom is -0.395 e. The number of benzene rings is 1. The molecular weight excluding hydrogens is 300 g/mol. The summed E-state index contributed by atoms with van der Waals surface area (Å²) in [4.78, 5) is 40.2. The van der Waals surface area contributed by atoms with Crippen LogP contribution in [0.15, 0.2) is 27.8 Å². The molecule has 2 rings (SSSR count). The molecule has 0 spiro atoms. The topological polar surface area (TPSA) is 106 Å². The zero-order valence-corrected chi connectivity index (χ0v) is 11.3. The van der Waals surface area contributed by atoms with E-state index in [1.165, 1.54) is 18.2 Å². The predicted octanol–water partition coefficient (Wildman–Crippen LogP) is -0.0840. The van der Waals surface area contributed by atoms with Crippen molar-refractivity contribution in [3.05, 3.63) is 44.6 Å². The van der Waals surface area contributed by atoms with Crippen molar-refractivity contribution in [2.75, 3.05) is 19.7 Å². The van der Waals surface area contributed by atoms with Gasteiger partial charge in [-0.05, 0) is 18.2 Å². The number of nitrogens with one attached hydrogen (secondary N) is 2. The van der Waals surface area contributed by atoms with Crippen LogP contribution in [0.25, 0.3) is 10.9 Å². The number of alkyl halides is 2. The first-order valence-electron chi connectivity index (χ1n) is 6.37. The van der Waals surface area contributed by atoms with E-state index in [0.29, 0.717) is 0 Å². The fourth-order valence-electron chi connectivity index (χ4n) is 2.04. The zero-order chi connectivity index (χ0) is 16.3. The second-order valence-electron chi connectivity index (χ2n) is 4.53. The van der Waals surface area contributed by atoms with Gasteiger partial charge in [0.05, 0.1) is 24.1 Å². The molecule has 1 amide bonds. The molecule has 0 aliphatic heterocycles. The van der Waals surface area contributed by atoms with Crippen molar-refractivity contribution < 1.29 is 18.7 Å². The van der Waals surface area contributed by atoms with Gasteiger partial charge in [-0.2, -0.15) is 0 Å². The van der Waals surface area contributed by atoms with E-state index in [1.54, 1.807) is 0 Å². The van der Waals surface area contributed by atoms with Gasteiger partial charge in [-0.15, -0.1) is 0 Å². The fourth-order valence-corrected chi connectivity index (χ4v) is 2.04. The molecule has 0 saturated carbocycles. The molecule has 0 aliphatic rings. The maximum atomic E-state index is 12.5. The van der Waals surface area contributed by atoms with E-state index in [1.807, 2.05) is 4.98 Å². The van der Waals surface area contributed by atoms with Crippen molar-refractivity contribution >= 4 is 16.8 Å². The average molecular weight is 313 g/mol. The molecule has 22 heavy (non-hydrogen) atoms. The summed E-state index contributed by atoms with van der Waals surface area (Å²) < 4.78 is 25.0. The molecule has 118 valence electrons. The Morgan fingerprint density at radius 1 is 1.27 bits per heavy atom. The Bertz CT molecular complexity index is 800. The molecule has 3 N–H and O–H groups in total. The van der Waals surface area contributed by atoms with Gasteiger partial charge >= 0.3 is 5.69 Å². The highest BCUT2D eigenvalue weighted by Crippen LogP contribution is 2.12. The van der Waals surface area contributed by atoms with Crippen LogP contribution in [-0.4, -0.2) is 52.0 Å². The molecule has 0 bridgehead atoms. The van der Waals surface area contributed by atoms with Gasteiger partial charge in [-0.3, -0.25) is 14.6 Å². The van der Waals surface area contributed by atoms with E-state index in [-0.39, 0.29) is 23.0 Å². The van der Waals surface area contributed by atoms with Gasteiger partial charge in [0, 0.05) is 12.1 Å². The zero-order valence-electron chi connectivity index (χ0n) is 11.3. The Kier molecular flexibility index (Phi) is 4.66. The van der Waals surface area contributed by atoms with Gasteiger partial charge in [0.1, 0.15) is 0 Å². The summed E-state index contributed by atoms with van der Waals surface area (Å²) in [5.41, 5.74) is -1.13. The first-order valence-corrected chi connectivity index (χ1v) is 6.37. The highest BCUT2D eigenvalue weighted by Gasteiger charge is 2.20. The molecule has 0 atom stereocenters. The third kappa shape index (κ3) is 3.37. The molecule has 0 radical (unpaired) electrons. The minimum absolute atomic E-state index is 0.0131. The van der Waals surface area contributed by atoms with Gasteiger partial charge in [-0.1, -0.05) is 0 Å². The minimum atomic E-state index is -2.74. The van der Waals surface area contributed by atoms with E-state index in [4.69, 9.17) is 5.11 Å². The summed E-state index contributed by atoms with van der Waals surface area (Å²) in [5, 5.41) is 8.92. The number of aromatic nitrogens is 2. The molecule has 0 unspecified atom stereocenters. The van der Waals surface area contributed by atoms with Crippen molar-refractivity contribution in [2.24, 2.45) is 0 Å². The lowest BCUT2D eigenvalue weighted by atomic mass is 10.1. The normalized spacial score (nSPS) is 11.1. The fraction of sp³-hybridized carbons (Fsp3) is 0.308. The number of amides is 1. The van der Waals surface area contributed by atoms with E-state index in [9.17, 15) is 23.2 Å². The average Bonchev–Trinajstić information content (AvgIpc) is 2.45. The lowest BCUT2D eigenvalue weighted by Gasteiger charge is -2.21. The smallest absolute Gasteiger partial charge is 0.326 e. The van der Waals surface area contributed by atoms with E-state index < -0.39 is 36.7 Å². The van der Waals surface area contributed by atoms with Gasteiger partial charge in [0.15, 0.2) is 0 Å². The number of H-pyrrole nitrogens is 2. The Morgan fingerprint density at radius 2 is 2.00 bits per heavy atom. The summed E-state index contributed by atoms with van der Waals surface area (Å²) in [6.45, 7) is -1.53. The highest BCUT2D eigenvalue weighted by atomic mass is 19.3. The summed E-state index contributed by atoms with van der Waals surface area (Å²) in [6.07, 6.45) is -2.74. The van der Waals surface area contributed by atoms with Crippen LogP contribution in [0.1, 0.15) is 10.4 Å². The molecule has 1 heterocycles. The number of hydrogen-bond acceptors (Lipinski definition) is 4. The van der Waals surface area contributed by atoms with Gasteiger partial charge in [0.2, 0.25) is 0 Å². The van der Waals surface area contributed by atoms with Crippen molar-refractivity contribution in [1.29, 1.82) is 0 Å². The SMILES string of the molecule is O=C(c1ccc2[nH]c(=O)[nH]c(=O)c2c1)N(CCO)CC(F)F. The van der Waals surface area contributed by atoms with Crippen LogP contribution in [0.5, 0.6) is 0 Å². The number of hydrogen-bond donors (Lipinski definition) is 3. The molecule has 0 fully saturated rings. The number of nitrogens with zero attached hydrogens (tertiary/aromatic N) is 1. The third-order valence-electron chi connectivity index (χ3n) is 3.00. The lowest BCUT2D eigenvalue weighted by molar-refractivity contribution is 0.0509. The van der Waals surface area contributed by atoms with Gasteiger partial charge in [0.25, 0.3) is 17.9 Å². The Labute approximate surface area is 122 Å². The Morgan fingerprint density at radius 3 is 2.64 bits per heavy atom. The molecule has 0 aliphatic carbocycles.